The van der Waals surface area contributed by atoms with E-state index in [0.29, 0.717) is 12.8 Å². The molecule has 0 atom stereocenters. The highest BCUT2D eigenvalue weighted by Crippen LogP contribution is 2.45. The van der Waals surface area contributed by atoms with Crippen molar-refractivity contribution in [3.8, 4) is 0 Å². The van der Waals surface area contributed by atoms with Crippen LogP contribution in [0.2, 0.25) is 10.0 Å². The highest BCUT2D eigenvalue weighted by Gasteiger charge is 2.50. The van der Waals surface area contributed by atoms with E-state index in [4.69, 9.17) is 28.3 Å². The molecule has 0 radical (unpaired) electrons. The molecule has 1 fully saturated rings. The Morgan fingerprint density at radius 2 is 2.00 bits per heavy atom. The maximum Gasteiger partial charge on any atom is 0.310 e. The van der Waals surface area contributed by atoms with Crippen LogP contribution in [0.15, 0.2) is 23.1 Å². The number of carboxylic acids is 1. The van der Waals surface area contributed by atoms with Gasteiger partial charge in [-0.3, -0.25) is 4.79 Å². The minimum absolute atomic E-state index is 0.0390. The lowest BCUT2D eigenvalue weighted by Gasteiger charge is -2.12. The summed E-state index contributed by atoms with van der Waals surface area (Å²) in [5, 5.41) is 9.27. The van der Waals surface area contributed by atoms with E-state index in [1.807, 2.05) is 0 Å². The van der Waals surface area contributed by atoms with E-state index in [1.54, 1.807) is 0 Å². The summed E-state index contributed by atoms with van der Waals surface area (Å²) >= 11 is 11.5. The first-order valence-corrected chi connectivity index (χ1v) is 7.69. The minimum Gasteiger partial charge on any atom is -0.481 e. The third-order valence-electron chi connectivity index (χ3n) is 3.09. The zero-order valence-electron chi connectivity index (χ0n) is 9.69. The van der Waals surface area contributed by atoms with Crippen LogP contribution in [0.5, 0.6) is 0 Å². The molecule has 19 heavy (non-hydrogen) atoms. The first-order valence-electron chi connectivity index (χ1n) is 5.45. The molecule has 0 amide bonds. The molecule has 8 heteroatoms. The lowest BCUT2D eigenvalue weighted by atomic mass is 10.1. The molecule has 1 aliphatic carbocycles. The van der Waals surface area contributed by atoms with Gasteiger partial charge in [0, 0.05) is 11.6 Å². The van der Waals surface area contributed by atoms with Gasteiger partial charge in [0.05, 0.1) is 10.4 Å². The van der Waals surface area contributed by atoms with E-state index >= 15 is 0 Å². The fourth-order valence-corrected chi connectivity index (χ4v) is 3.50. The number of benzene rings is 1. The molecule has 0 aromatic heterocycles. The second-order valence-electron chi connectivity index (χ2n) is 4.48. The Bertz CT molecular complexity index is 626. The highest BCUT2D eigenvalue weighted by molar-refractivity contribution is 7.89. The SMILES string of the molecule is O=C(O)C1(CNS(=O)(=O)c2cc(Cl)ccc2Cl)CC1. The predicted octanol–water partition coefficient (Wildman–Crippen LogP) is 2.14. The number of halogens is 2. The molecule has 0 spiro atoms. The standard InChI is InChI=1S/C11H11Cl2NO4S/c12-7-1-2-8(13)9(5-7)19(17,18)14-6-11(3-4-11)10(15)16/h1-2,5,14H,3-4,6H2,(H,15,16). The average molecular weight is 324 g/mol. The summed E-state index contributed by atoms with van der Waals surface area (Å²) in [6, 6.07) is 4.08. The molecular formula is C11H11Cl2NO4S. The number of carbonyl (C=O) groups is 1. The van der Waals surface area contributed by atoms with Crippen LogP contribution < -0.4 is 4.72 Å². The number of nitrogens with one attached hydrogen (secondary N) is 1. The van der Waals surface area contributed by atoms with Crippen molar-refractivity contribution in [2.75, 3.05) is 6.54 Å². The topological polar surface area (TPSA) is 83.5 Å². The first kappa shape index (κ1) is 14.6. The van der Waals surface area contributed by atoms with Crippen molar-refractivity contribution in [1.29, 1.82) is 0 Å². The Balaban J connectivity index is 2.19. The van der Waals surface area contributed by atoms with Crippen LogP contribution in [0, 0.1) is 5.41 Å². The van der Waals surface area contributed by atoms with Gasteiger partial charge in [-0.2, -0.15) is 0 Å². The van der Waals surface area contributed by atoms with Crippen LogP contribution in [0.1, 0.15) is 12.8 Å². The van der Waals surface area contributed by atoms with Crippen LogP contribution in [0.4, 0.5) is 0 Å². The lowest BCUT2D eigenvalue weighted by molar-refractivity contribution is -0.143. The van der Waals surface area contributed by atoms with Crippen molar-refractivity contribution in [1.82, 2.24) is 4.72 Å². The second kappa shape index (κ2) is 4.94. The maximum atomic E-state index is 12.1. The van der Waals surface area contributed by atoms with Crippen molar-refractivity contribution < 1.29 is 18.3 Å². The molecule has 0 bridgehead atoms. The maximum absolute atomic E-state index is 12.1. The lowest BCUT2D eigenvalue weighted by Crippen LogP contribution is -2.34. The number of hydrogen-bond acceptors (Lipinski definition) is 3. The third kappa shape index (κ3) is 3.02. The highest BCUT2D eigenvalue weighted by atomic mass is 35.5. The van der Waals surface area contributed by atoms with Gasteiger partial charge in [0.15, 0.2) is 0 Å². The van der Waals surface area contributed by atoms with Crippen LogP contribution in [-0.4, -0.2) is 26.0 Å². The van der Waals surface area contributed by atoms with Gasteiger partial charge in [-0.25, -0.2) is 13.1 Å². The third-order valence-corrected chi connectivity index (χ3v) is 5.21. The molecule has 0 unspecified atom stereocenters. The Hall–Kier alpha value is -0.820. The van der Waals surface area contributed by atoms with Crippen LogP contribution in [0.25, 0.3) is 0 Å². The van der Waals surface area contributed by atoms with Gasteiger partial charge in [0.1, 0.15) is 4.90 Å². The van der Waals surface area contributed by atoms with Crippen LogP contribution in [-0.2, 0) is 14.8 Å². The molecule has 0 saturated heterocycles. The summed E-state index contributed by atoms with van der Waals surface area (Å²) in [5.41, 5.74) is -0.974. The van der Waals surface area contributed by atoms with Gasteiger partial charge in [0.2, 0.25) is 10.0 Å². The Labute approximate surface area is 120 Å². The molecule has 104 valence electrons. The molecule has 1 aliphatic rings. The number of sulfonamides is 1. The van der Waals surface area contributed by atoms with Crippen LogP contribution in [0.3, 0.4) is 0 Å². The quantitative estimate of drug-likeness (QED) is 0.869. The molecule has 2 N–H and O–H groups in total. The van der Waals surface area contributed by atoms with E-state index in [2.05, 4.69) is 4.72 Å². The van der Waals surface area contributed by atoms with Crippen LogP contribution >= 0.6 is 23.2 Å². The zero-order chi connectivity index (χ0) is 14.3. The molecule has 5 nitrogen and oxygen atoms in total. The zero-order valence-corrected chi connectivity index (χ0v) is 12.0. The molecule has 1 aromatic rings. The Morgan fingerprint density at radius 1 is 1.37 bits per heavy atom. The van der Waals surface area contributed by atoms with E-state index < -0.39 is 21.4 Å². The summed E-state index contributed by atoms with van der Waals surface area (Å²) in [4.78, 5) is 10.8. The van der Waals surface area contributed by atoms with Crippen molar-refractivity contribution in [3.05, 3.63) is 28.2 Å². The van der Waals surface area contributed by atoms with Crippen molar-refractivity contribution in [2.24, 2.45) is 5.41 Å². The fourth-order valence-electron chi connectivity index (χ4n) is 1.61. The second-order valence-corrected chi connectivity index (χ2v) is 7.06. The molecule has 0 aliphatic heterocycles. The summed E-state index contributed by atoms with van der Waals surface area (Å²) in [6.45, 7) is -0.145. The Kier molecular flexibility index (Phi) is 3.79. The van der Waals surface area contributed by atoms with Gasteiger partial charge in [-0.05, 0) is 31.0 Å². The van der Waals surface area contributed by atoms with Gasteiger partial charge < -0.3 is 5.11 Å². The van der Waals surface area contributed by atoms with Gasteiger partial charge >= 0.3 is 5.97 Å². The molecular weight excluding hydrogens is 313 g/mol. The summed E-state index contributed by atoms with van der Waals surface area (Å²) < 4.78 is 26.4. The monoisotopic (exact) mass is 323 g/mol. The first-order chi connectivity index (χ1) is 8.77. The van der Waals surface area contributed by atoms with E-state index in [-0.39, 0.29) is 21.5 Å². The summed E-state index contributed by atoms with van der Waals surface area (Å²) in [6.07, 6.45) is 0.933. The van der Waals surface area contributed by atoms with Gasteiger partial charge in [-0.1, -0.05) is 23.2 Å². The average Bonchev–Trinajstić information content (AvgIpc) is 3.11. The van der Waals surface area contributed by atoms with Crippen molar-refractivity contribution in [2.45, 2.75) is 17.7 Å². The smallest absolute Gasteiger partial charge is 0.310 e. The Morgan fingerprint density at radius 3 is 2.53 bits per heavy atom. The van der Waals surface area contributed by atoms with Gasteiger partial charge in [-0.15, -0.1) is 0 Å². The molecule has 2 rings (SSSR count). The normalized spacial score (nSPS) is 17.2. The van der Waals surface area contributed by atoms with E-state index in [9.17, 15) is 13.2 Å². The largest absolute Gasteiger partial charge is 0.481 e. The van der Waals surface area contributed by atoms with E-state index in [1.165, 1.54) is 18.2 Å². The number of rotatable bonds is 5. The summed E-state index contributed by atoms with van der Waals surface area (Å²) in [5.74, 6) is -0.993. The number of carboxylic acid groups (broad SMARTS) is 1. The minimum atomic E-state index is -3.87. The number of aliphatic carboxylic acids is 1. The number of hydrogen-bond donors (Lipinski definition) is 2. The molecule has 1 aromatic carbocycles. The fraction of sp³-hybridized carbons (Fsp3) is 0.364. The van der Waals surface area contributed by atoms with Gasteiger partial charge in [0.25, 0.3) is 0 Å². The van der Waals surface area contributed by atoms with Crippen molar-refractivity contribution in [3.63, 3.8) is 0 Å². The molecule has 0 heterocycles. The predicted molar refractivity (Wildman–Crippen MR) is 71.0 cm³/mol. The van der Waals surface area contributed by atoms with E-state index in [0.717, 1.165) is 0 Å². The summed E-state index contributed by atoms with van der Waals surface area (Å²) in [7, 11) is -3.87. The molecule has 1 saturated carbocycles. The van der Waals surface area contributed by atoms with Crippen molar-refractivity contribution >= 4 is 39.2 Å².